The number of rotatable bonds is 3. The predicted molar refractivity (Wildman–Crippen MR) is 121 cm³/mol. The van der Waals surface area contributed by atoms with Gasteiger partial charge >= 0.3 is 6.03 Å². The van der Waals surface area contributed by atoms with Crippen molar-refractivity contribution in [2.45, 2.75) is 39.1 Å². The van der Waals surface area contributed by atoms with Gasteiger partial charge in [-0.25, -0.2) is 10.3 Å². The Morgan fingerprint density at radius 1 is 1.16 bits per heavy atom. The van der Waals surface area contributed by atoms with Gasteiger partial charge in [0.25, 0.3) is 0 Å². The van der Waals surface area contributed by atoms with Crippen LogP contribution in [0.2, 0.25) is 0 Å². The molecule has 2 amide bonds. The van der Waals surface area contributed by atoms with E-state index >= 15 is 0 Å². The number of nitrogens with one attached hydrogen (secondary N) is 1. The van der Waals surface area contributed by atoms with Crippen molar-refractivity contribution in [3.63, 3.8) is 0 Å². The Hall–Kier alpha value is -3.16. The van der Waals surface area contributed by atoms with Crippen LogP contribution in [0.5, 0.6) is 5.75 Å². The number of urea groups is 1. The monoisotopic (exact) mass is 433 g/mol. The third-order valence-corrected chi connectivity index (χ3v) is 6.26. The molecule has 0 saturated carbocycles. The molecule has 1 N–H and O–H groups in total. The van der Waals surface area contributed by atoms with Gasteiger partial charge < -0.3 is 14.4 Å². The number of carbonyl (C=O) groups excluding carboxylic acids is 1. The van der Waals surface area contributed by atoms with E-state index in [9.17, 15) is 4.79 Å². The summed E-state index contributed by atoms with van der Waals surface area (Å²) >= 11 is 0. The first-order valence-corrected chi connectivity index (χ1v) is 11.1. The molecule has 5 rings (SSSR count). The summed E-state index contributed by atoms with van der Waals surface area (Å²) < 4.78 is 12.5. The Bertz CT molecular complexity index is 1160. The molecule has 0 unspecified atom stereocenters. The highest BCUT2D eigenvalue weighted by atomic mass is 16.7. The highest BCUT2D eigenvalue weighted by Gasteiger charge is 2.42. The molecule has 0 atom stereocenters. The topological polar surface area (TPSA) is 72.9 Å². The van der Waals surface area contributed by atoms with Gasteiger partial charge in [-0.1, -0.05) is 18.2 Å². The number of amides is 2. The van der Waals surface area contributed by atoms with E-state index in [2.05, 4.69) is 40.8 Å². The zero-order valence-corrected chi connectivity index (χ0v) is 18.4. The quantitative estimate of drug-likeness (QED) is 0.613. The summed E-state index contributed by atoms with van der Waals surface area (Å²) in [6, 6.07) is 14.5. The van der Waals surface area contributed by atoms with Gasteiger partial charge in [-0.15, -0.1) is 0 Å². The van der Waals surface area contributed by atoms with Gasteiger partial charge in [0, 0.05) is 48.8 Å². The Kier molecular flexibility index (Phi) is 5.45. The molecule has 1 fully saturated rings. The zero-order chi connectivity index (χ0) is 22.1. The Morgan fingerprint density at radius 3 is 2.75 bits per heavy atom. The Labute approximate surface area is 187 Å². The summed E-state index contributed by atoms with van der Waals surface area (Å²) in [7, 11) is 0. The van der Waals surface area contributed by atoms with Gasteiger partial charge in [-0.3, -0.25) is 9.82 Å². The van der Waals surface area contributed by atoms with Crippen molar-refractivity contribution in [3.05, 3.63) is 59.9 Å². The summed E-state index contributed by atoms with van der Waals surface area (Å²) in [6.07, 6.45) is 3.08. The lowest BCUT2D eigenvalue weighted by molar-refractivity contribution is -0.225. The van der Waals surface area contributed by atoms with Gasteiger partial charge in [-0.05, 0) is 54.6 Å². The Balaban J connectivity index is 1.31. The van der Waals surface area contributed by atoms with Crippen molar-refractivity contribution in [2.24, 2.45) is 0 Å². The van der Waals surface area contributed by atoms with Crippen LogP contribution < -0.4 is 10.2 Å². The first-order valence-electron chi connectivity index (χ1n) is 11.1. The molecule has 0 bridgehead atoms. The molecule has 1 spiro atoms. The van der Waals surface area contributed by atoms with E-state index in [1.54, 1.807) is 4.90 Å². The maximum atomic E-state index is 12.1. The number of fused-ring (bicyclic) bond motifs is 2. The molecule has 166 valence electrons. The van der Waals surface area contributed by atoms with E-state index in [0.29, 0.717) is 39.1 Å². The number of likely N-dealkylation sites (tertiary alicyclic amines) is 1. The molecule has 0 aliphatic carbocycles. The van der Waals surface area contributed by atoms with Crippen LogP contribution in [0.1, 0.15) is 31.0 Å². The number of hydrogen-bond donors (Lipinski definition) is 1. The van der Waals surface area contributed by atoms with Crippen LogP contribution >= 0.6 is 0 Å². The second-order valence-corrected chi connectivity index (χ2v) is 8.28. The third kappa shape index (κ3) is 3.89. The summed E-state index contributed by atoms with van der Waals surface area (Å²) in [6.45, 7) is 5.89. The number of aromatic nitrogens is 1. The summed E-state index contributed by atoms with van der Waals surface area (Å²) in [4.78, 5) is 23.2. The van der Waals surface area contributed by atoms with Crippen LogP contribution in [-0.4, -0.2) is 41.4 Å². The molecule has 1 saturated heterocycles. The molecule has 3 heterocycles. The molecule has 32 heavy (non-hydrogen) atoms. The number of piperidine rings is 1. The number of ether oxygens (including phenoxy) is 2. The summed E-state index contributed by atoms with van der Waals surface area (Å²) in [5.74, 6) is 0.178. The molecule has 7 heteroatoms. The third-order valence-electron chi connectivity index (χ3n) is 6.26. The molecular formula is C25H27N3O4. The predicted octanol–water partition coefficient (Wildman–Crippen LogP) is 4.57. The van der Waals surface area contributed by atoms with Crippen molar-refractivity contribution < 1.29 is 19.1 Å². The fourth-order valence-electron chi connectivity index (χ4n) is 4.41. The number of hydrogen-bond acceptors (Lipinski definition) is 5. The number of aryl methyl sites for hydroxylation is 1. The van der Waals surface area contributed by atoms with Crippen LogP contribution in [0, 0.1) is 6.92 Å². The maximum Gasteiger partial charge on any atom is 0.341 e. The lowest BCUT2D eigenvalue weighted by atomic mass is 9.97. The van der Waals surface area contributed by atoms with Crippen LogP contribution in [0.4, 0.5) is 4.79 Å². The van der Waals surface area contributed by atoms with Crippen molar-refractivity contribution >= 4 is 16.8 Å². The minimum atomic E-state index is -0.676. The molecule has 2 aromatic carbocycles. The first kappa shape index (κ1) is 20.7. The van der Waals surface area contributed by atoms with E-state index in [4.69, 9.17) is 14.3 Å². The second-order valence-electron chi connectivity index (χ2n) is 8.28. The highest BCUT2D eigenvalue weighted by Crippen LogP contribution is 2.39. The lowest BCUT2D eigenvalue weighted by Gasteiger charge is -2.43. The molecule has 0 radical (unpaired) electrons. The molecule has 3 aromatic rings. The Morgan fingerprint density at radius 2 is 1.94 bits per heavy atom. The van der Waals surface area contributed by atoms with E-state index < -0.39 is 5.79 Å². The minimum absolute atomic E-state index is 0.219. The van der Waals surface area contributed by atoms with Crippen molar-refractivity contribution in [2.75, 3.05) is 19.7 Å². The first-order chi connectivity index (χ1) is 15.6. The molecule has 7 nitrogen and oxygen atoms in total. The average Bonchev–Trinajstić information content (AvgIpc) is 2.82. The van der Waals surface area contributed by atoms with E-state index in [1.165, 1.54) is 10.8 Å². The van der Waals surface area contributed by atoms with Gasteiger partial charge in [0.15, 0.2) is 0 Å². The molecule has 1 aromatic heterocycles. The maximum absolute atomic E-state index is 12.1. The van der Waals surface area contributed by atoms with Gasteiger partial charge in [0.05, 0.1) is 13.2 Å². The van der Waals surface area contributed by atoms with Crippen LogP contribution in [0.15, 0.2) is 48.7 Å². The smallest absolute Gasteiger partial charge is 0.341 e. The van der Waals surface area contributed by atoms with E-state index in [0.717, 1.165) is 28.1 Å². The SMILES string of the molecule is CCONC(=O)N1CCC2(CC1)OCc1cc(-c3ccc4c(C)nccc4c3)ccc1O2. The van der Waals surface area contributed by atoms with E-state index in [-0.39, 0.29) is 6.03 Å². The van der Waals surface area contributed by atoms with Gasteiger partial charge in [0.2, 0.25) is 5.79 Å². The number of carbonyl (C=O) groups is 1. The minimum Gasteiger partial charge on any atom is -0.462 e. The van der Waals surface area contributed by atoms with Gasteiger partial charge in [-0.2, -0.15) is 0 Å². The molecular weight excluding hydrogens is 406 g/mol. The number of pyridine rings is 1. The fourth-order valence-corrected chi connectivity index (χ4v) is 4.41. The second kappa shape index (κ2) is 8.41. The standard InChI is InChI=1S/C25H27N3O4/c1-3-31-27-24(29)28-12-9-25(10-13-28)30-16-21-15-19(5-7-23(21)32-25)18-4-6-22-17(2)26-11-8-20(22)14-18/h4-8,11,14-15H,3,9-10,12-13,16H2,1-2H3,(H,27,29). The van der Waals surface area contributed by atoms with Crippen molar-refractivity contribution in [3.8, 4) is 16.9 Å². The van der Waals surface area contributed by atoms with Crippen LogP contribution in [0.25, 0.3) is 21.9 Å². The van der Waals surface area contributed by atoms with Crippen molar-refractivity contribution in [1.29, 1.82) is 0 Å². The average molecular weight is 434 g/mol. The molecule has 2 aliphatic rings. The van der Waals surface area contributed by atoms with Crippen molar-refractivity contribution in [1.82, 2.24) is 15.4 Å². The normalized spacial score (nSPS) is 17.1. The molecule has 2 aliphatic heterocycles. The zero-order valence-electron chi connectivity index (χ0n) is 18.4. The summed E-state index contributed by atoms with van der Waals surface area (Å²) in [5, 5.41) is 2.35. The van der Waals surface area contributed by atoms with Crippen LogP contribution in [0.3, 0.4) is 0 Å². The van der Waals surface area contributed by atoms with Gasteiger partial charge in [0.1, 0.15) is 5.75 Å². The number of nitrogens with zero attached hydrogens (tertiary/aromatic N) is 2. The number of hydroxylamine groups is 1. The summed E-state index contributed by atoms with van der Waals surface area (Å²) in [5.41, 5.74) is 6.80. The van der Waals surface area contributed by atoms with E-state index in [1.807, 2.05) is 32.2 Å². The fraction of sp³-hybridized carbons (Fsp3) is 0.360. The van der Waals surface area contributed by atoms with Crippen LogP contribution in [-0.2, 0) is 16.2 Å². The highest BCUT2D eigenvalue weighted by molar-refractivity contribution is 5.88. The lowest BCUT2D eigenvalue weighted by Crippen LogP contribution is -2.54. The number of benzene rings is 2. The largest absolute Gasteiger partial charge is 0.462 e.